The predicted molar refractivity (Wildman–Crippen MR) is 101 cm³/mol. The van der Waals surface area contributed by atoms with Crippen molar-refractivity contribution in [3.63, 3.8) is 0 Å². The van der Waals surface area contributed by atoms with Gasteiger partial charge in [-0.1, -0.05) is 18.7 Å². The highest BCUT2D eigenvalue weighted by Crippen LogP contribution is 2.40. The molecule has 1 aromatic heterocycles. The maximum atomic E-state index is 12.4. The molecule has 8 heteroatoms. The van der Waals surface area contributed by atoms with Gasteiger partial charge in [-0.15, -0.1) is 10.2 Å². The van der Waals surface area contributed by atoms with Crippen molar-refractivity contribution in [1.29, 1.82) is 0 Å². The maximum Gasteiger partial charge on any atom is 0.234 e. The molecule has 0 radical (unpaired) electrons. The zero-order valence-corrected chi connectivity index (χ0v) is 16.1. The molecule has 7 nitrogen and oxygen atoms in total. The molecular formula is C18H24N4O3S. The average Bonchev–Trinajstić information content (AvgIpc) is 3.42. The molecule has 1 heterocycles. The Balaban J connectivity index is 1.63. The van der Waals surface area contributed by atoms with E-state index in [4.69, 9.17) is 9.47 Å². The molecule has 0 saturated heterocycles. The first-order valence-electron chi connectivity index (χ1n) is 8.74. The van der Waals surface area contributed by atoms with Crippen molar-refractivity contribution < 1.29 is 14.3 Å². The van der Waals surface area contributed by atoms with E-state index in [1.807, 2.05) is 0 Å². The van der Waals surface area contributed by atoms with Crippen molar-refractivity contribution in [1.82, 2.24) is 14.8 Å². The van der Waals surface area contributed by atoms with Gasteiger partial charge in [0.25, 0.3) is 0 Å². The molecule has 1 saturated carbocycles. The van der Waals surface area contributed by atoms with Crippen molar-refractivity contribution in [2.24, 2.45) is 0 Å². The summed E-state index contributed by atoms with van der Waals surface area (Å²) in [5.41, 5.74) is 0.618. The van der Waals surface area contributed by atoms with E-state index < -0.39 is 0 Å². The van der Waals surface area contributed by atoms with E-state index in [1.54, 1.807) is 32.4 Å². The van der Waals surface area contributed by atoms with Crippen LogP contribution in [-0.2, 0) is 11.3 Å². The molecule has 0 aliphatic heterocycles. The van der Waals surface area contributed by atoms with Gasteiger partial charge in [0.2, 0.25) is 5.91 Å². The number of anilines is 1. The van der Waals surface area contributed by atoms with E-state index >= 15 is 0 Å². The minimum atomic E-state index is -0.113. The van der Waals surface area contributed by atoms with E-state index in [9.17, 15) is 4.79 Å². The number of amides is 1. The van der Waals surface area contributed by atoms with Gasteiger partial charge in [0.05, 0.1) is 25.7 Å². The smallest absolute Gasteiger partial charge is 0.234 e. The van der Waals surface area contributed by atoms with Crippen LogP contribution in [0.25, 0.3) is 0 Å². The van der Waals surface area contributed by atoms with Crippen molar-refractivity contribution in [2.45, 2.75) is 43.8 Å². The molecule has 1 fully saturated rings. The van der Waals surface area contributed by atoms with E-state index in [-0.39, 0.29) is 11.7 Å². The van der Waals surface area contributed by atoms with Crippen molar-refractivity contribution >= 4 is 23.4 Å². The number of carbonyl (C=O) groups excluding carboxylic acids is 1. The van der Waals surface area contributed by atoms with E-state index in [0.29, 0.717) is 23.1 Å². The molecule has 1 N–H and O–H groups in total. The Kier molecular flexibility index (Phi) is 6.03. The Bertz CT molecular complexity index is 774. The number of aromatic nitrogens is 3. The van der Waals surface area contributed by atoms with Crippen molar-refractivity contribution in [3.05, 3.63) is 24.0 Å². The number of benzene rings is 1. The Labute approximate surface area is 157 Å². The first-order chi connectivity index (χ1) is 12.7. The van der Waals surface area contributed by atoms with Crippen LogP contribution >= 0.6 is 11.8 Å². The zero-order valence-electron chi connectivity index (χ0n) is 15.3. The number of nitrogens with one attached hydrogen (secondary N) is 1. The minimum Gasteiger partial charge on any atom is -0.497 e. The third-order valence-corrected chi connectivity index (χ3v) is 5.12. The number of nitrogens with zero attached hydrogens (tertiary/aromatic N) is 3. The number of methoxy groups -OCH3 is 2. The summed E-state index contributed by atoms with van der Waals surface area (Å²) in [5.74, 6) is 2.99. The molecule has 1 aliphatic rings. The Morgan fingerprint density at radius 2 is 2.12 bits per heavy atom. The van der Waals surface area contributed by atoms with Crippen LogP contribution < -0.4 is 14.8 Å². The number of thioether (sulfide) groups is 1. The van der Waals surface area contributed by atoms with Crippen LogP contribution in [0.15, 0.2) is 23.4 Å². The van der Waals surface area contributed by atoms with Crippen LogP contribution in [0.2, 0.25) is 0 Å². The molecule has 3 rings (SSSR count). The first kappa shape index (κ1) is 18.6. The lowest BCUT2D eigenvalue weighted by atomic mass is 10.2. The van der Waals surface area contributed by atoms with Gasteiger partial charge >= 0.3 is 0 Å². The maximum absolute atomic E-state index is 12.4. The topological polar surface area (TPSA) is 78.3 Å². The molecule has 0 unspecified atom stereocenters. The second-order valence-electron chi connectivity index (χ2n) is 6.17. The highest BCUT2D eigenvalue weighted by atomic mass is 32.2. The molecule has 1 aliphatic carbocycles. The highest BCUT2D eigenvalue weighted by molar-refractivity contribution is 7.99. The predicted octanol–water partition coefficient (Wildman–Crippen LogP) is 3.31. The van der Waals surface area contributed by atoms with E-state index in [0.717, 1.165) is 23.9 Å². The Hall–Kier alpha value is -2.22. The number of rotatable bonds is 9. The van der Waals surface area contributed by atoms with Gasteiger partial charge in [-0.05, 0) is 31.4 Å². The van der Waals surface area contributed by atoms with Crippen LogP contribution in [0.5, 0.6) is 11.5 Å². The Morgan fingerprint density at radius 1 is 1.31 bits per heavy atom. The van der Waals surface area contributed by atoms with Gasteiger partial charge in [0.15, 0.2) is 5.16 Å². The number of hydrogen-bond donors (Lipinski definition) is 1. The monoisotopic (exact) mass is 376 g/mol. The molecule has 26 heavy (non-hydrogen) atoms. The molecule has 2 aromatic rings. The second-order valence-corrected chi connectivity index (χ2v) is 7.11. The van der Waals surface area contributed by atoms with Gasteiger partial charge in [0, 0.05) is 18.5 Å². The van der Waals surface area contributed by atoms with Crippen LogP contribution in [0.1, 0.15) is 37.9 Å². The lowest BCUT2D eigenvalue weighted by Crippen LogP contribution is -2.15. The average molecular weight is 376 g/mol. The van der Waals surface area contributed by atoms with Gasteiger partial charge < -0.3 is 19.4 Å². The van der Waals surface area contributed by atoms with Gasteiger partial charge in [-0.2, -0.15) is 0 Å². The lowest BCUT2D eigenvalue weighted by molar-refractivity contribution is -0.113. The summed E-state index contributed by atoms with van der Waals surface area (Å²) in [6.07, 6.45) is 3.38. The molecular weight excluding hydrogens is 352 g/mol. The van der Waals surface area contributed by atoms with Gasteiger partial charge in [-0.25, -0.2) is 0 Å². The van der Waals surface area contributed by atoms with Crippen LogP contribution in [0, 0.1) is 0 Å². The molecule has 0 bridgehead atoms. The molecule has 1 amide bonds. The molecule has 140 valence electrons. The summed E-state index contributed by atoms with van der Waals surface area (Å²) in [4.78, 5) is 12.4. The van der Waals surface area contributed by atoms with Crippen LogP contribution in [-0.4, -0.2) is 40.6 Å². The lowest BCUT2D eigenvalue weighted by Gasteiger charge is -2.12. The Morgan fingerprint density at radius 3 is 2.77 bits per heavy atom. The van der Waals surface area contributed by atoms with Crippen LogP contribution in [0.3, 0.4) is 0 Å². The SMILES string of the molecule is CCCn1c(SCC(=O)Nc2ccc(OC)cc2OC)nnc1C1CC1. The first-order valence-corrected chi connectivity index (χ1v) is 9.72. The highest BCUT2D eigenvalue weighted by Gasteiger charge is 2.30. The van der Waals surface area contributed by atoms with Crippen molar-refractivity contribution in [3.8, 4) is 11.5 Å². The third kappa shape index (κ3) is 4.30. The summed E-state index contributed by atoms with van der Waals surface area (Å²) >= 11 is 1.41. The summed E-state index contributed by atoms with van der Waals surface area (Å²) in [7, 11) is 3.15. The second kappa shape index (κ2) is 8.44. The fourth-order valence-corrected chi connectivity index (χ4v) is 3.47. The number of carbonyl (C=O) groups is 1. The largest absolute Gasteiger partial charge is 0.497 e. The van der Waals surface area contributed by atoms with Gasteiger partial charge in [-0.3, -0.25) is 4.79 Å². The molecule has 0 spiro atoms. The number of ether oxygens (including phenoxy) is 2. The number of hydrogen-bond acceptors (Lipinski definition) is 6. The van der Waals surface area contributed by atoms with E-state index in [1.165, 1.54) is 24.6 Å². The summed E-state index contributed by atoms with van der Waals surface area (Å²) in [5, 5.41) is 12.3. The fraction of sp³-hybridized carbons (Fsp3) is 0.500. The van der Waals surface area contributed by atoms with Crippen LogP contribution in [0.4, 0.5) is 5.69 Å². The standard InChI is InChI=1S/C18H24N4O3S/c1-4-9-22-17(12-5-6-12)20-21-18(22)26-11-16(23)19-14-8-7-13(24-2)10-15(14)25-3/h7-8,10,12H,4-6,9,11H2,1-3H3,(H,19,23). The van der Waals surface area contributed by atoms with Gasteiger partial charge in [0.1, 0.15) is 17.3 Å². The minimum absolute atomic E-state index is 0.113. The molecule has 1 aromatic carbocycles. The summed E-state index contributed by atoms with van der Waals surface area (Å²) in [6.45, 7) is 3.02. The zero-order chi connectivity index (χ0) is 18.5. The van der Waals surface area contributed by atoms with E-state index in [2.05, 4.69) is 27.0 Å². The third-order valence-electron chi connectivity index (χ3n) is 4.15. The summed E-state index contributed by atoms with van der Waals surface area (Å²) in [6, 6.07) is 5.29. The summed E-state index contributed by atoms with van der Waals surface area (Å²) < 4.78 is 12.6. The fourth-order valence-electron chi connectivity index (χ4n) is 2.70. The normalized spacial score (nSPS) is 13.5. The van der Waals surface area contributed by atoms with Crippen molar-refractivity contribution in [2.75, 3.05) is 25.3 Å². The molecule has 0 atom stereocenters. The quantitative estimate of drug-likeness (QED) is 0.677.